The third-order valence-electron chi connectivity index (χ3n) is 5.03. The van der Waals surface area contributed by atoms with E-state index >= 15 is 0 Å². The molecule has 2 fully saturated rings. The molecule has 5 unspecified atom stereocenters. The Morgan fingerprint density at radius 1 is 1.53 bits per heavy atom. The topological polar surface area (TPSA) is 49.3 Å². The van der Waals surface area contributed by atoms with Crippen molar-refractivity contribution >= 4 is 5.91 Å². The van der Waals surface area contributed by atoms with Crippen LogP contribution in [0.4, 0.5) is 0 Å². The molecule has 0 heterocycles. The predicted octanol–water partition coefficient (Wildman–Crippen LogP) is 2.09. The minimum absolute atomic E-state index is 0.136. The molecule has 17 heavy (non-hydrogen) atoms. The van der Waals surface area contributed by atoms with Crippen LogP contribution in [-0.2, 0) is 4.79 Å². The van der Waals surface area contributed by atoms with Gasteiger partial charge in [0.25, 0.3) is 0 Å². The van der Waals surface area contributed by atoms with Gasteiger partial charge < -0.3 is 10.4 Å². The molecule has 0 aromatic heterocycles. The number of amides is 1. The van der Waals surface area contributed by atoms with Crippen LogP contribution in [0.3, 0.4) is 0 Å². The van der Waals surface area contributed by atoms with Gasteiger partial charge in [0, 0.05) is 5.41 Å². The van der Waals surface area contributed by atoms with E-state index in [0.29, 0.717) is 12.3 Å². The van der Waals surface area contributed by atoms with Gasteiger partial charge in [-0.15, -0.1) is 0 Å². The van der Waals surface area contributed by atoms with Crippen molar-refractivity contribution in [3.63, 3.8) is 0 Å². The molecule has 3 nitrogen and oxygen atoms in total. The van der Waals surface area contributed by atoms with Crippen LogP contribution in [0, 0.1) is 17.3 Å². The van der Waals surface area contributed by atoms with E-state index in [2.05, 4.69) is 12.2 Å². The minimum atomic E-state index is -0.429. The minimum Gasteiger partial charge on any atom is -0.391 e. The van der Waals surface area contributed by atoms with E-state index in [4.69, 9.17) is 0 Å². The first-order chi connectivity index (χ1) is 7.97. The van der Waals surface area contributed by atoms with Crippen LogP contribution in [0.2, 0.25) is 0 Å². The highest BCUT2D eigenvalue weighted by Gasteiger charge is 2.52. The van der Waals surface area contributed by atoms with Crippen LogP contribution in [0.15, 0.2) is 0 Å². The molecule has 3 heteroatoms. The number of nitrogens with one attached hydrogen (secondary N) is 1. The lowest BCUT2D eigenvalue weighted by Crippen LogP contribution is -2.49. The quantitative estimate of drug-likeness (QED) is 0.789. The average molecular weight is 239 g/mol. The Hall–Kier alpha value is -0.570. The van der Waals surface area contributed by atoms with E-state index in [1.807, 2.05) is 13.8 Å². The second-order valence-electron chi connectivity index (χ2n) is 6.24. The van der Waals surface area contributed by atoms with E-state index in [1.54, 1.807) is 0 Å². The number of aliphatic hydroxyl groups is 1. The van der Waals surface area contributed by atoms with Gasteiger partial charge in [-0.2, -0.15) is 0 Å². The molecule has 2 aliphatic rings. The van der Waals surface area contributed by atoms with E-state index in [1.165, 1.54) is 19.3 Å². The Morgan fingerprint density at radius 3 is 2.71 bits per heavy atom. The largest absolute Gasteiger partial charge is 0.391 e. The Labute approximate surface area is 104 Å². The summed E-state index contributed by atoms with van der Waals surface area (Å²) in [7, 11) is 0. The highest BCUT2D eigenvalue weighted by molar-refractivity contribution is 5.83. The molecule has 2 bridgehead atoms. The fourth-order valence-electron chi connectivity index (χ4n) is 3.70. The third kappa shape index (κ3) is 2.22. The lowest BCUT2D eigenvalue weighted by atomic mass is 9.74. The van der Waals surface area contributed by atoms with E-state index in [0.717, 1.165) is 12.3 Å². The maximum Gasteiger partial charge on any atom is 0.226 e. The van der Waals surface area contributed by atoms with Crippen LogP contribution in [0.5, 0.6) is 0 Å². The highest BCUT2D eigenvalue weighted by atomic mass is 16.3. The summed E-state index contributed by atoms with van der Waals surface area (Å²) in [5.41, 5.74) is -0.176. The van der Waals surface area contributed by atoms with Crippen molar-refractivity contribution in [1.29, 1.82) is 0 Å². The van der Waals surface area contributed by atoms with E-state index in [9.17, 15) is 9.90 Å². The van der Waals surface area contributed by atoms with Crippen molar-refractivity contribution in [2.24, 2.45) is 17.3 Å². The third-order valence-corrected chi connectivity index (χ3v) is 5.03. The van der Waals surface area contributed by atoms with Gasteiger partial charge in [0.15, 0.2) is 0 Å². The number of carbonyl (C=O) groups is 1. The van der Waals surface area contributed by atoms with Gasteiger partial charge >= 0.3 is 0 Å². The molecule has 0 aromatic rings. The molecular weight excluding hydrogens is 214 g/mol. The van der Waals surface area contributed by atoms with Crippen LogP contribution < -0.4 is 5.32 Å². The van der Waals surface area contributed by atoms with Crippen LogP contribution in [-0.4, -0.2) is 23.2 Å². The predicted molar refractivity (Wildman–Crippen MR) is 67.5 cm³/mol. The van der Waals surface area contributed by atoms with Gasteiger partial charge in [-0.1, -0.05) is 20.3 Å². The van der Waals surface area contributed by atoms with E-state index in [-0.39, 0.29) is 17.4 Å². The molecular formula is C14H25NO2. The lowest BCUT2D eigenvalue weighted by molar-refractivity contribution is -0.134. The van der Waals surface area contributed by atoms with Crippen molar-refractivity contribution in [2.75, 3.05) is 0 Å². The normalized spacial score (nSPS) is 39.1. The first-order valence-electron chi connectivity index (χ1n) is 6.96. The zero-order chi connectivity index (χ0) is 12.6. The van der Waals surface area contributed by atoms with Crippen molar-refractivity contribution in [1.82, 2.24) is 5.32 Å². The van der Waals surface area contributed by atoms with Crippen molar-refractivity contribution in [3.8, 4) is 0 Å². The van der Waals surface area contributed by atoms with Crippen LogP contribution in [0.25, 0.3) is 0 Å². The van der Waals surface area contributed by atoms with Crippen molar-refractivity contribution in [3.05, 3.63) is 0 Å². The molecule has 0 saturated heterocycles. The summed E-state index contributed by atoms with van der Waals surface area (Å²) < 4.78 is 0. The lowest BCUT2D eigenvalue weighted by Gasteiger charge is -2.34. The van der Waals surface area contributed by atoms with Gasteiger partial charge in [0.2, 0.25) is 5.91 Å². The molecule has 5 atom stereocenters. The first kappa shape index (κ1) is 12.9. The fraction of sp³-hybridized carbons (Fsp3) is 0.929. The Bertz CT molecular complexity index is 305. The summed E-state index contributed by atoms with van der Waals surface area (Å²) >= 11 is 0. The number of hydrogen-bond donors (Lipinski definition) is 2. The van der Waals surface area contributed by atoms with Gasteiger partial charge in [-0.3, -0.25) is 4.79 Å². The number of hydrogen-bond acceptors (Lipinski definition) is 2. The zero-order valence-electron chi connectivity index (χ0n) is 11.2. The monoisotopic (exact) mass is 239 g/mol. The molecule has 98 valence electrons. The first-order valence-corrected chi connectivity index (χ1v) is 6.96. The second-order valence-corrected chi connectivity index (χ2v) is 6.24. The molecule has 2 rings (SSSR count). The summed E-state index contributed by atoms with van der Waals surface area (Å²) in [6.07, 6.45) is 5.04. The number of rotatable bonds is 4. The summed E-state index contributed by atoms with van der Waals surface area (Å²) in [4.78, 5) is 12.4. The molecule has 2 saturated carbocycles. The maximum absolute atomic E-state index is 12.4. The molecule has 2 N–H and O–H groups in total. The van der Waals surface area contributed by atoms with E-state index < -0.39 is 6.10 Å². The highest BCUT2D eigenvalue weighted by Crippen LogP contribution is 2.55. The Balaban J connectivity index is 1.96. The summed E-state index contributed by atoms with van der Waals surface area (Å²) in [5, 5.41) is 12.7. The molecule has 0 aliphatic heterocycles. The number of aliphatic hydroxyl groups excluding tert-OH is 1. The molecule has 0 spiro atoms. The van der Waals surface area contributed by atoms with Gasteiger partial charge in [-0.25, -0.2) is 0 Å². The maximum atomic E-state index is 12.4. The number of carbonyl (C=O) groups excluding carboxylic acids is 1. The standard InChI is InChI=1S/C14H25NO2/c1-4-12(16)9(2)15-13(17)14(3)8-10-5-6-11(14)7-10/h9-12,16H,4-8H2,1-3H3,(H,15,17). The van der Waals surface area contributed by atoms with Crippen LogP contribution >= 0.6 is 0 Å². The molecule has 1 amide bonds. The Morgan fingerprint density at radius 2 is 2.24 bits per heavy atom. The zero-order valence-corrected chi connectivity index (χ0v) is 11.2. The summed E-state index contributed by atoms with van der Waals surface area (Å²) in [5.74, 6) is 1.49. The second kappa shape index (κ2) is 4.60. The summed E-state index contributed by atoms with van der Waals surface area (Å²) in [6.45, 7) is 5.94. The Kier molecular flexibility index (Phi) is 3.48. The molecule has 0 radical (unpaired) electrons. The smallest absolute Gasteiger partial charge is 0.226 e. The van der Waals surface area contributed by atoms with Gasteiger partial charge in [0.05, 0.1) is 12.1 Å². The molecule has 2 aliphatic carbocycles. The molecule has 0 aromatic carbocycles. The average Bonchev–Trinajstić information content (AvgIpc) is 2.87. The van der Waals surface area contributed by atoms with Crippen molar-refractivity contribution in [2.45, 2.75) is 65.0 Å². The fourth-order valence-corrected chi connectivity index (χ4v) is 3.70. The van der Waals surface area contributed by atoms with Crippen LogP contribution in [0.1, 0.15) is 52.9 Å². The SMILES string of the molecule is CCC(O)C(C)NC(=O)C1(C)CC2CCC1C2. The van der Waals surface area contributed by atoms with Gasteiger partial charge in [-0.05, 0) is 44.4 Å². The number of fused-ring (bicyclic) bond motifs is 2. The van der Waals surface area contributed by atoms with Crippen molar-refractivity contribution < 1.29 is 9.90 Å². The summed E-state index contributed by atoms with van der Waals surface area (Å²) in [6, 6.07) is -0.136. The van der Waals surface area contributed by atoms with Gasteiger partial charge in [0.1, 0.15) is 0 Å².